The van der Waals surface area contributed by atoms with Crippen LogP contribution < -0.4 is 10.6 Å². The molecule has 110 valence electrons. The van der Waals surface area contributed by atoms with Gasteiger partial charge in [-0.25, -0.2) is 4.98 Å². The van der Waals surface area contributed by atoms with Crippen LogP contribution >= 0.6 is 0 Å². The van der Waals surface area contributed by atoms with E-state index >= 15 is 0 Å². The average Bonchev–Trinajstić information content (AvgIpc) is 2.52. The van der Waals surface area contributed by atoms with E-state index in [0.717, 1.165) is 24.2 Å². The fourth-order valence-electron chi connectivity index (χ4n) is 2.13. The Balaban J connectivity index is 2.19. The molecule has 2 rings (SSSR count). The van der Waals surface area contributed by atoms with E-state index in [1.807, 2.05) is 43.1 Å². The molecule has 21 heavy (non-hydrogen) atoms. The highest BCUT2D eigenvalue weighted by Gasteiger charge is 2.15. The summed E-state index contributed by atoms with van der Waals surface area (Å²) < 4.78 is 0. The van der Waals surface area contributed by atoms with Gasteiger partial charge < -0.3 is 15.8 Å². The smallest absolute Gasteiger partial charge is 0.174 e. The maximum atomic E-state index is 8.93. The Morgan fingerprint density at radius 1 is 1.29 bits per heavy atom. The molecule has 0 aliphatic rings. The molecule has 0 atom stereocenters. The molecule has 6 nitrogen and oxygen atoms in total. The lowest BCUT2D eigenvalue weighted by molar-refractivity contribution is 0.318. The van der Waals surface area contributed by atoms with Crippen molar-refractivity contribution in [2.24, 2.45) is 10.9 Å². The minimum Gasteiger partial charge on any atom is -0.409 e. The van der Waals surface area contributed by atoms with Gasteiger partial charge in [0.2, 0.25) is 0 Å². The van der Waals surface area contributed by atoms with Crippen LogP contribution in [0, 0.1) is 6.92 Å². The van der Waals surface area contributed by atoms with E-state index in [9.17, 15) is 0 Å². The molecule has 0 fully saturated rings. The number of likely N-dealkylation sites (N-methyl/N-ethyl adjacent to an activating group) is 1. The summed E-state index contributed by atoms with van der Waals surface area (Å²) in [6, 6.07) is 7.69. The van der Waals surface area contributed by atoms with Crippen LogP contribution in [-0.4, -0.2) is 34.6 Å². The summed E-state index contributed by atoms with van der Waals surface area (Å²) in [5.41, 5.74) is 8.35. The summed E-state index contributed by atoms with van der Waals surface area (Å²) in [5.74, 6) is 0.765. The van der Waals surface area contributed by atoms with Gasteiger partial charge in [0.05, 0.1) is 5.56 Å². The summed E-state index contributed by atoms with van der Waals surface area (Å²) in [4.78, 5) is 10.6. The zero-order chi connectivity index (χ0) is 15.2. The number of hydrogen-bond acceptors (Lipinski definition) is 5. The van der Waals surface area contributed by atoms with Crippen molar-refractivity contribution in [3.63, 3.8) is 0 Å². The Morgan fingerprint density at radius 2 is 2.10 bits per heavy atom. The van der Waals surface area contributed by atoms with E-state index in [1.54, 1.807) is 12.4 Å². The van der Waals surface area contributed by atoms with E-state index in [0.29, 0.717) is 11.4 Å². The second-order valence-electron chi connectivity index (χ2n) is 4.80. The highest BCUT2D eigenvalue weighted by atomic mass is 16.4. The molecule has 2 aromatic rings. The van der Waals surface area contributed by atoms with Gasteiger partial charge >= 0.3 is 0 Å². The van der Waals surface area contributed by atoms with Crippen molar-refractivity contribution in [3.05, 3.63) is 53.5 Å². The third kappa shape index (κ3) is 3.47. The van der Waals surface area contributed by atoms with Crippen LogP contribution in [0.4, 0.5) is 5.82 Å². The SMILES string of the molecule is Cc1ccnc(N(C)CCc2ccccn2)c1/C(N)=N/O. The molecular formula is C15H19N5O. The van der Waals surface area contributed by atoms with Gasteiger partial charge in [0.25, 0.3) is 0 Å². The molecule has 0 saturated heterocycles. The molecule has 3 N–H and O–H groups in total. The molecule has 0 aromatic carbocycles. The van der Waals surface area contributed by atoms with Crippen LogP contribution in [0.5, 0.6) is 0 Å². The molecule has 6 heteroatoms. The number of nitrogens with zero attached hydrogens (tertiary/aromatic N) is 4. The monoisotopic (exact) mass is 285 g/mol. The molecular weight excluding hydrogens is 266 g/mol. The molecule has 0 spiro atoms. The number of aryl methyl sites for hydroxylation is 1. The molecule has 2 heterocycles. The maximum absolute atomic E-state index is 8.93. The van der Waals surface area contributed by atoms with E-state index in [4.69, 9.17) is 10.9 Å². The zero-order valence-corrected chi connectivity index (χ0v) is 12.2. The van der Waals surface area contributed by atoms with E-state index in [-0.39, 0.29) is 5.84 Å². The fourth-order valence-corrected chi connectivity index (χ4v) is 2.13. The van der Waals surface area contributed by atoms with Crippen molar-refractivity contribution >= 4 is 11.7 Å². The van der Waals surface area contributed by atoms with E-state index in [2.05, 4.69) is 15.1 Å². The number of nitrogens with two attached hydrogens (primary N) is 1. The number of hydrogen-bond donors (Lipinski definition) is 2. The summed E-state index contributed by atoms with van der Waals surface area (Å²) in [6.07, 6.45) is 4.29. The topological polar surface area (TPSA) is 87.6 Å². The zero-order valence-electron chi connectivity index (χ0n) is 12.2. The minimum atomic E-state index is 0.0697. The highest BCUT2D eigenvalue weighted by molar-refractivity contribution is 6.02. The number of pyridine rings is 2. The fraction of sp³-hybridized carbons (Fsp3) is 0.267. The highest BCUT2D eigenvalue weighted by Crippen LogP contribution is 2.19. The van der Waals surface area contributed by atoms with Crippen molar-refractivity contribution in [2.45, 2.75) is 13.3 Å². The number of anilines is 1. The Bertz CT molecular complexity index is 627. The Hall–Kier alpha value is -2.63. The molecule has 0 amide bonds. The van der Waals surface area contributed by atoms with Crippen molar-refractivity contribution in [1.29, 1.82) is 0 Å². The normalized spacial score (nSPS) is 11.4. The predicted octanol–water partition coefficient (Wildman–Crippen LogP) is 1.56. The molecule has 0 aliphatic carbocycles. The second kappa shape index (κ2) is 6.69. The van der Waals surface area contributed by atoms with Crippen LogP contribution in [0.25, 0.3) is 0 Å². The van der Waals surface area contributed by atoms with Gasteiger partial charge in [-0.2, -0.15) is 0 Å². The van der Waals surface area contributed by atoms with Crippen molar-refractivity contribution in [1.82, 2.24) is 9.97 Å². The van der Waals surface area contributed by atoms with Crippen molar-refractivity contribution < 1.29 is 5.21 Å². The van der Waals surface area contributed by atoms with Crippen LogP contribution in [0.2, 0.25) is 0 Å². The Labute approximate surface area is 123 Å². The molecule has 2 aromatic heterocycles. The second-order valence-corrected chi connectivity index (χ2v) is 4.80. The molecule has 0 bridgehead atoms. The number of oxime groups is 1. The van der Waals surface area contributed by atoms with Crippen LogP contribution in [0.1, 0.15) is 16.8 Å². The lowest BCUT2D eigenvalue weighted by Crippen LogP contribution is -2.27. The first-order valence-corrected chi connectivity index (χ1v) is 6.68. The van der Waals surface area contributed by atoms with Gasteiger partial charge in [0.15, 0.2) is 5.84 Å². The summed E-state index contributed by atoms with van der Waals surface area (Å²) in [7, 11) is 1.93. The Kier molecular flexibility index (Phi) is 4.71. The first kappa shape index (κ1) is 14.8. The van der Waals surface area contributed by atoms with Crippen molar-refractivity contribution in [2.75, 3.05) is 18.5 Å². The maximum Gasteiger partial charge on any atom is 0.174 e. The van der Waals surface area contributed by atoms with Gasteiger partial charge in [-0.3, -0.25) is 4.98 Å². The van der Waals surface area contributed by atoms with Gasteiger partial charge in [0, 0.05) is 38.1 Å². The number of aromatic nitrogens is 2. The summed E-state index contributed by atoms with van der Waals surface area (Å²) in [6.45, 7) is 2.64. The average molecular weight is 285 g/mol. The van der Waals surface area contributed by atoms with E-state index < -0.39 is 0 Å². The molecule has 0 aliphatic heterocycles. The van der Waals surface area contributed by atoms with Crippen LogP contribution in [0.3, 0.4) is 0 Å². The molecule has 0 saturated carbocycles. The van der Waals surface area contributed by atoms with E-state index in [1.165, 1.54) is 0 Å². The largest absolute Gasteiger partial charge is 0.409 e. The third-order valence-electron chi connectivity index (χ3n) is 3.29. The standard InChI is InChI=1S/C15H19N5O/c1-11-6-9-18-15(13(11)14(16)19-21)20(2)10-7-12-5-3-4-8-17-12/h3-6,8-9,21H,7,10H2,1-2H3,(H2,16,19). The lowest BCUT2D eigenvalue weighted by atomic mass is 10.1. The third-order valence-corrected chi connectivity index (χ3v) is 3.29. The van der Waals surface area contributed by atoms with Gasteiger partial charge in [0.1, 0.15) is 5.82 Å². The quantitative estimate of drug-likeness (QED) is 0.377. The predicted molar refractivity (Wildman–Crippen MR) is 82.7 cm³/mol. The van der Waals surface area contributed by atoms with Gasteiger partial charge in [-0.1, -0.05) is 11.2 Å². The van der Waals surface area contributed by atoms with Crippen LogP contribution in [0.15, 0.2) is 41.8 Å². The van der Waals surface area contributed by atoms with Crippen LogP contribution in [-0.2, 0) is 6.42 Å². The Morgan fingerprint density at radius 3 is 2.76 bits per heavy atom. The molecule has 0 unspecified atom stereocenters. The number of rotatable bonds is 5. The first-order chi connectivity index (χ1) is 10.1. The number of amidine groups is 1. The van der Waals surface area contributed by atoms with Crippen molar-refractivity contribution in [3.8, 4) is 0 Å². The first-order valence-electron chi connectivity index (χ1n) is 6.68. The lowest BCUT2D eigenvalue weighted by Gasteiger charge is -2.21. The summed E-state index contributed by atoms with van der Waals surface area (Å²) >= 11 is 0. The minimum absolute atomic E-state index is 0.0697. The summed E-state index contributed by atoms with van der Waals surface area (Å²) in [5, 5.41) is 12.0. The molecule has 0 radical (unpaired) electrons. The van der Waals surface area contributed by atoms with Gasteiger partial charge in [-0.15, -0.1) is 0 Å². The van der Waals surface area contributed by atoms with Gasteiger partial charge in [-0.05, 0) is 30.7 Å².